The number of halogens is 5. The van der Waals surface area contributed by atoms with Gasteiger partial charge in [-0.1, -0.05) is 17.7 Å². The van der Waals surface area contributed by atoms with Gasteiger partial charge in [-0.05, 0) is 55.0 Å². The fourth-order valence-corrected chi connectivity index (χ4v) is 3.60. The summed E-state index contributed by atoms with van der Waals surface area (Å²) in [4.78, 5) is 32.5. The molecule has 0 aliphatic carbocycles. The van der Waals surface area contributed by atoms with Crippen LogP contribution in [0.25, 0.3) is 11.0 Å². The minimum absolute atomic E-state index is 0.0699. The lowest BCUT2D eigenvalue weighted by Crippen LogP contribution is -2.21. The van der Waals surface area contributed by atoms with Gasteiger partial charge >= 0.3 is 6.18 Å². The van der Waals surface area contributed by atoms with Gasteiger partial charge in [-0.3, -0.25) is 9.59 Å². The fraction of sp³-hybridized carbons (Fsp3) is 0.125. The third kappa shape index (κ3) is 5.12. The lowest BCUT2D eigenvalue weighted by molar-refractivity contribution is -0.140. The smallest absolute Gasteiger partial charge is 0.419 e. The highest BCUT2D eigenvalue weighted by Gasteiger charge is 2.36. The van der Waals surface area contributed by atoms with E-state index >= 15 is 0 Å². The van der Waals surface area contributed by atoms with Gasteiger partial charge in [0.1, 0.15) is 11.6 Å². The quantitative estimate of drug-likeness (QED) is 0.251. The zero-order valence-electron chi connectivity index (χ0n) is 18.0. The SMILES string of the molecule is Cc1cc2[nH]cnc2cc1NC(=O)COc1ccc(Cl)cc1C(=O)c1cccc(C(F)(F)F)c1F. The number of carbonyl (C=O) groups excluding carboxylic acids is 2. The molecule has 1 aromatic heterocycles. The molecule has 11 heteroatoms. The molecule has 6 nitrogen and oxygen atoms in total. The van der Waals surface area contributed by atoms with Gasteiger partial charge < -0.3 is 15.0 Å². The van der Waals surface area contributed by atoms with Crippen LogP contribution in [-0.2, 0) is 11.0 Å². The molecule has 1 heterocycles. The number of ether oxygens (including phenoxy) is 1. The summed E-state index contributed by atoms with van der Waals surface area (Å²) in [6.07, 6.45) is -3.46. The van der Waals surface area contributed by atoms with Gasteiger partial charge in [0.2, 0.25) is 0 Å². The number of nitrogens with one attached hydrogen (secondary N) is 2. The Labute approximate surface area is 200 Å². The van der Waals surface area contributed by atoms with Crippen LogP contribution in [0.4, 0.5) is 23.2 Å². The van der Waals surface area contributed by atoms with Crippen LogP contribution in [0.5, 0.6) is 5.75 Å². The molecule has 4 aromatic rings. The molecule has 35 heavy (non-hydrogen) atoms. The number of anilines is 1. The molecular weight excluding hydrogens is 490 g/mol. The molecule has 0 saturated carbocycles. The highest BCUT2D eigenvalue weighted by atomic mass is 35.5. The van der Waals surface area contributed by atoms with E-state index in [1.165, 1.54) is 18.5 Å². The molecule has 3 aromatic carbocycles. The van der Waals surface area contributed by atoms with E-state index in [1.54, 1.807) is 19.1 Å². The molecular formula is C24H16ClF4N3O3. The van der Waals surface area contributed by atoms with Crippen molar-refractivity contribution < 1.29 is 31.9 Å². The summed E-state index contributed by atoms with van der Waals surface area (Å²) in [7, 11) is 0. The molecule has 0 saturated heterocycles. The topological polar surface area (TPSA) is 84.1 Å². The first-order valence-electron chi connectivity index (χ1n) is 10.1. The number of hydrogen-bond acceptors (Lipinski definition) is 4. The van der Waals surface area contributed by atoms with Crippen LogP contribution >= 0.6 is 11.6 Å². The molecule has 0 aliphatic heterocycles. The zero-order valence-corrected chi connectivity index (χ0v) is 18.7. The number of aromatic amines is 1. The van der Waals surface area contributed by atoms with Crippen LogP contribution in [0.3, 0.4) is 0 Å². The van der Waals surface area contributed by atoms with E-state index in [2.05, 4.69) is 15.3 Å². The molecule has 0 bridgehead atoms. The van der Waals surface area contributed by atoms with Gasteiger partial charge in [-0.25, -0.2) is 9.37 Å². The number of alkyl halides is 3. The number of imidazole rings is 1. The van der Waals surface area contributed by atoms with Gasteiger partial charge in [-0.15, -0.1) is 0 Å². The second kappa shape index (κ2) is 9.38. The summed E-state index contributed by atoms with van der Waals surface area (Å²) in [5.41, 5.74) is 0.0194. The number of amides is 1. The predicted octanol–water partition coefficient (Wildman–Crippen LogP) is 5.93. The van der Waals surface area contributed by atoms with E-state index in [4.69, 9.17) is 16.3 Å². The predicted molar refractivity (Wildman–Crippen MR) is 121 cm³/mol. The van der Waals surface area contributed by atoms with Gasteiger partial charge in [0.05, 0.1) is 34.1 Å². The molecule has 0 spiro atoms. The highest BCUT2D eigenvalue weighted by Crippen LogP contribution is 2.34. The minimum Gasteiger partial charge on any atom is -0.483 e. The Kier molecular flexibility index (Phi) is 6.49. The Bertz CT molecular complexity index is 1450. The third-order valence-corrected chi connectivity index (χ3v) is 5.37. The Morgan fingerprint density at radius 2 is 1.89 bits per heavy atom. The number of carbonyl (C=O) groups is 2. The third-order valence-electron chi connectivity index (χ3n) is 5.13. The second-order valence-corrected chi connectivity index (χ2v) is 7.99. The van der Waals surface area contributed by atoms with Crippen molar-refractivity contribution >= 4 is 40.0 Å². The lowest BCUT2D eigenvalue weighted by atomic mass is 9.99. The first-order valence-corrected chi connectivity index (χ1v) is 10.5. The number of aromatic nitrogens is 2. The second-order valence-electron chi connectivity index (χ2n) is 7.56. The molecule has 0 radical (unpaired) electrons. The number of hydrogen-bond donors (Lipinski definition) is 2. The van der Waals surface area contributed by atoms with E-state index in [-0.39, 0.29) is 16.3 Å². The first kappa shape index (κ1) is 24.2. The highest BCUT2D eigenvalue weighted by molar-refractivity contribution is 6.31. The Hall–Kier alpha value is -3.92. The fourth-order valence-electron chi connectivity index (χ4n) is 3.43. The average molecular weight is 506 g/mol. The van der Waals surface area contributed by atoms with E-state index < -0.39 is 41.4 Å². The first-order chi connectivity index (χ1) is 16.5. The van der Waals surface area contributed by atoms with E-state index in [9.17, 15) is 27.2 Å². The maximum atomic E-state index is 14.5. The summed E-state index contributed by atoms with van der Waals surface area (Å²) < 4.78 is 59.2. The number of H-pyrrole nitrogens is 1. The van der Waals surface area contributed by atoms with Crippen molar-refractivity contribution in [2.45, 2.75) is 13.1 Å². The van der Waals surface area contributed by atoms with Crippen molar-refractivity contribution in [3.63, 3.8) is 0 Å². The van der Waals surface area contributed by atoms with Crippen LogP contribution < -0.4 is 10.1 Å². The van der Waals surface area contributed by atoms with Gasteiger partial charge in [-0.2, -0.15) is 13.2 Å². The number of nitrogens with zero attached hydrogens (tertiary/aromatic N) is 1. The van der Waals surface area contributed by atoms with Crippen molar-refractivity contribution in [3.8, 4) is 5.75 Å². The molecule has 4 rings (SSSR count). The standard InChI is InChI=1S/C24H16ClF4N3O3/c1-12-7-18-19(31-11-30-18)9-17(12)32-21(33)10-35-20-6-5-13(25)8-15(20)23(34)14-3-2-4-16(22(14)26)24(27,28)29/h2-9,11H,10H2,1H3,(H,30,31)(H,32,33). The van der Waals surface area contributed by atoms with Crippen LogP contribution in [0.2, 0.25) is 5.02 Å². The molecule has 0 atom stereocenters. The Morgan fingerprint density at radius 1 is 1.11 bits per heavy atom. The average Bonchev–Trinajstić information content (AvgIpc) is 3.24. The summed E-state index contributed by atoms with van der Waals surface area (Å²) in [6.45, 7) is 1.25. The van der Waals surface area contributed by atoms with Crippen LogP contribution in [0, 0.1) is 12.7 Å². The number of ketones is 1. The van der Waals surface area contributed by atoms with Crippen molar-refractivity contribution in [1.29, 1.82) is 0 Å². The van der Waals surface area contributed by atoms with E-state index in [0.717, 1.165) is 29.3 Å². The molecule has 2 N–H and O–H groups in total. The normalized spacial score (nSPS) is 11.5. The van der Waals surface area contributed by atoms with Gasteiger partial charge in [0, 0.05) is 10.7 Å². The van der Waals surface area contributed by atoms with Crippen molar-refractivity contribution in [3.05, 3.63) is 88.0 Å². The summed E-state index contributed by atoms with van der Waals surface area (Å²) in [5, 5.41) is 2.74. The van der Waals surface area contributed by atoms with Gasteiger partial charge in [0.25, 0.3) is 5.91 Å². The van der Waals surface area contributed by atoms with Crippen LogP contribution in [-0.4, -0.2) is 28.3 Å². The van der Waals surface area contributed by atoms with E-state index in [0.29, 0.717) is 17.3 Å². The molecule has 0 fully saturated rings. The number of fused-ring (bicyclic) bond motifs is 1. The summed E-state index contributed by atoms with van der Waals surface area (Å²) in [5.74, 6) is -3.50. The van der Waals surface area contributed by atoms with E-state index in [1.807, 2.05) is 0 Å². The number of benzene rings is 3. The van der Waals surface area contributed by atoms with Gasteiger partial charge in [0.15, 0.2) is 12.4 Å². The maximum absolute atomic E-state index is 14.5. The Balaban J connectivity index is 1.56. The Morgan fingerprint density at radius 3 is 2.63 bits per heavy atom. The monoisotopic (exact) mass is 505 g/mol. The summed E-state index contributed by atoms with van der Waals surface area (Å²) >= 11 is 5.95. The summed E-state index contributed by atoms with van der Waals surface area (Å²) in [6, 6.07) is 9.64. The van der Waals surface area contributed by atoms with Crippen molar-refractivity contribution in [2.24, 2.45) is 0 Å². The largest absolute Gasteiger partial charge is 0.483 e. The molecule has 1 amide bonds. The minimum atomic E-state index is -4.98. The number of aryl methyl sites for hydroxylation is 1. The molecule has 0 aliphatic rings. The molecule has 180 valence electrons. The van der Waals surface area contributed by atoms with Crippen molar-refractivity contribution in [1.82, 2.24) is 9.97 Å². The lowest BCUT2D eigenvalue weighted by Gasteiger charge is -2.14. The maximum Gasteiger partial charge on any atom is 0.419 e. The van der Waals surface area contributed by atoms with Crippen molar-refractivity contribution in [2.75, 3.05) is 11.9 Å². The van der Waals surface area contributed by atoms with Crippen LogP contribution in [0.1, 0.15) is 27.0 Å². The number of rotatable bonds is 6. The zero-order chi connectivity index (χ0) is 25.3. The van der Waals surface area contributed by atoms with Crippen LogP contribution in [0.15, 0.2) is 54.9 Å². The molecule has 0 unspecified atom stereocenters.